The van der Waals surface area contributed by atoms with Gasteiger partial charge in [-0.15, -0.1) is 0 Å². The molecule has 10 heteroatoms. The van der Waals surface area contributed by atoms with Crippen LogP contribution in [0.3, 0.4) is 0 Å². The normalized spacial score (nSPS) is 17.0. The number of halogens is 6. The molecule has 2 rings (SSSR count). The van der Waals surface area contributed by atoms with Crippen LogP contribution in [-0.2, 0) is 17.1 Å². The molecule has 0 radical (unpaired) electrons. The van der Waals surface area contributed by atoms with Crippen LogP contribution in [0.15, 0.2) is 18.2 Å². The number of rotatable bonds is 5. The number of hydrogen-bond donors (Lipinski definition) is 1. The number of likely N-dealkylation sites (tertiary alicyclic amines) is 1. The van der Waals surface area contributed by atoms with E-state index in [0.29, 0.717) is 12.1 Å². The topological polar surface area (TPSA) is 41.6 Å². The standard InChI is InChI=1S/C17H20F6N2O2/c1-2-25-5-3-13(4-6-25)24-15(26)10-27-14-8-11(16(18,19)20)7-12(9-14)17(21,22)23/h7-9,13H,2-6,10H2,1H3,(H,24,26). The number of benzene rings is 1. The van der Waals surface area contributed by atoms with E-state index in [9.17, 15) is 31.1 Å². The van der Waals surface area contributed by atoms with E-state index in [1.165, 1.54) is 0 Å². The highest BCUT2D eigenvalue weighted by Gasteiger charge is 2.37. The summed E-state index contributed by atoms with van der Waals surface area (Å²) in [7, 11) is 0. The van der Waals surface area contributed by atoms with Gasteiger partial charge in [-0.1, -0.05) is 6.92 Å². The Labute approximate surface area is 152 Å². The number of nitrogens with zero attached hydrogens (tertiary/aromatic N) is 1. The first-order valence-corrected chi connectivity index (χ1v) is 8.43. The second kappa shape index (κ2) is 8.37. The third-order valence-corrected chi connectivity index (χ3v) is 4.33. The van der Waals surface area contributed by atoms with E-state index in [0.717, 1.165) is 32.5 Å². The predicted octanol–water partition coefficient (Wildman–Crippen LogP) is 3.70. The number of piperidine rings is 1. The second-order valence-electron chi connectivity index (χ2n) is 6.31. The Morgan fingerprint density at radius 2 is 1.59 bits per heavy atom. The molecular formula is C17H20F6N2O2. The molecule has 27 heavy (non-hydrogen) atoms. The van der Waals surface area contributed by atoms with Crippen molar-refractivity contribution in [1.82, 2.24) is 10.2 Å². The molecule has 1 heterocycles. The molecular weight excluding hydrogens is 378 g/mol. The van der Waals surface area contributed by atoms with Gasteiger partial charge in [0.05, 0.1) is 11.1 Å². The fourth-order valence-electron chi connectivity index (χ4n) is 2.82. The van der Waals surface area contributed by atoms with Gasteiger partial charge in [-0.3, -0.25) is 4.79 Å². The number of amides is 1. The van der Waals surface area contributed by atoms with Crippen molar-refractivity contribution in [3.05, 3.63) is 29.3 Å². The first-order valence-electron chi connectivity index (χ1n) is 8.43. The largest absolute Gasteiger partial charge is 0.484 e. The number of hydrogen-bond acceptors (Lipinski definition) is 3. The van der Waals surface area contributed by atoms with Crippen molar-refractivity contribution in [2.75, 3.05) is 26.2 Å². The Morgan fingerprint density at radius 1 is 1.07 bits per heavy atom. The summed E-state index contributed by atoms with van der Waals surface area (Å²) >= 11 is 0. The lowest BCUT2D eigenvalue weighted by atomic mass is 10.1. The zero-order chi connectivity index (χ0) is 20.2. The molecule has 1 N–H and O–H groups in total. The zero-order valence-corrected chi connectivity index (χ0v) is 14.6. The van der Waals surface area contributed by atoms with Crippen LogP contribution in [0.5, 0.6) is 5.75 Å². The Bertz CT molecular complexity index is 620. The van der Waals surface area contributed by atoms with Gasteiger partial charge in [0, 0.05) is 19.1 Å². The molecule has 152 valence electrons. The van der Waals surface area contributed by atoms with E-state index >= 15 is 0 Å². The maximum Gasteiger partial charge on any atom is 0.416 e. The first-order chi connectivity index (χ1) is 12.5. The molecule has 0 saturated carbocycles. The van der Waals surface area contributed by atoms with Crippen LogP contribution in [0.1, 0.15) is 30.9 Å². The molecule has 0 bridgehead atoms. The van der Waals surface area contributed by atoms with Crippen LogP contribution in [-0.4, -0.2) is 43.1 Å². The molecule has 1 amide bonds. The molecule has 0 aliphatic carbocycles. The number of ether oxygens (including phenoxy) is 1. The van der Waals surface area contributed by atoms with E-state index in [4.69, 9.17) is 4.74 Å². The fraction of sp³-hybridized carbons (Fsp3) is 0.588. The third kappa shape index (κ3) is 6.30. The van der Waals surface area contributed by atoms with Crippen LogP contribution < -0.4 is 10.1 Å². The molecule has 4 nitrogen and oxygen atoms in total. The van der Waals surface area contributed by atoms with Gasteiger partial charge >= 0.3 is 12.4 Å². The van der Waals surface area contributed by atoms with Crippen molar-refractivity contribution in [2.45, 2.75) is 38.2 Å². The van der Waals surface area contributed by atoms with Gasteiger partial charge < -0.3 is 15.0 Å². The summed E-state index contributed by atoms with van der Waals surface area (Å²) in [5.74, 6) is -1.25. The molecule has 0 unspecified atom stereocenters. The summed E-state index contributed by atoms with van der Waals surface area (Å²) in [5, 5.41) is 2.69. The minimum Gasteiger partial charge on any atom is -0.484 e. The van der Waals surface area contributed by atoms with E-state index in [2.05, 4.69) is 10.2 Å². The number of alkyl halides is 6. The molecule has 1 fully saturated rings. The van der Waals surface area contributed by atoms with Gasteiger partial charge in [0.1, 0.15) is 5.75 Å². The minimum atomic E-state index is -4.96. The Morgan fingerprint density at radius 3 is 2.04 bits per heavy atom. The third-order valence-electron chi connectivity index (χ3n) is 4.33. The van der Waals surface area contributed by atoms with Gasteiger partial charge in [-0.25, -0.2) is 0 Å². The molecule has 0 aromatic heterocycles. The summed E-state index contributed by atoms with van der Waals surface area (Å²) in [6.07, 6.45) is -8.48. The van der Waals surface area contributed by atoms with Crippen LogP contribution in [0.25, 0.3) is 0 Å². The van der Waals surface area contributed by atoms with Crippen molar-refractivity contribution in [3.8, 4) is 5.75 Å². The number of carbonyl (C=O) groups is 1. The van der Waals surface area contributed by atoms with E-state index < -0.39 is 41.7 Å². The maximum absolute atomic E-state index is 12.8. The van der Waals surface area contributed by atoms with Crippen LogP contribution >= 0.6 is 0 Å². The highest BCUT2D eigenvalue weighted by atomic mass is 19.4. The summed E-state index contributed by atoms with van der Waals surface area (Å²) in [5.41, 5.74) is -2.97. The lowest BCUT2D eigenvalue weighted by Gasteiger charge is -2.31. The highest BCUT2D eigenvalue weighted by Crippen LogP contribution is 2.38. The molecule has 1 aromatic rings. The molecule has 1 aliphatic heterocycles. The lowest BCUT2D eigenvalue weighted by molar-refractivity contribution is -0.143. The van der Waals surface area contributed by atoms with Crippen molar-refractivity contribution in [3.63, 3.8) is 0 Å². The predicted molar refractivity (Wildman–Crippen MR) is 85.2 cm³/mol. The van der Waals surface area contributed by atoms with Crippen molar-refractivity contribution < 1.29 is 35.9 Å². The average molecular weight is 398 g/mol. The van der Waals surface area contributed by atoms with Crippen molar-refractivity contribution in [1.29, 1.82) is 0 Å². The van der Waals surface area contributed by atoms with Gasteiger partial charge in [-0.05, 0) is 37.6 Å². The second-order valence-corrected chi connectivity index (χ2v) is 6.31. The summed E-state index contributed by atoms with van der Waals surface area (Å²) in [4.78, 5) is 14.1. The molecule has 1 saturated heterocycles. The van der Waals surface area contributed by atoms with Gasteiger partial charge in [0.25, 0.3) is 5.91 Å². The Kier molecular flexibility index (Phi) is 6.61. The quantitative estimate of drug-likeness (QED) is 0.769. The number of nitrogens with one attached hydrogen (secondary N) is 1. The zero-order valence-electron chi connectivity index (χ0n) is 14.6. The van der Waals surface area contributed by atoms with E-state index in [1.54, 1.807) is 0 Å². The first kappa shape index (κ1) is 21.3. The number of carbonyl (C=O) groups excluding carboxylic acids is 1. The lowest BCUT2D eigenvalue weighted by Crippen LogP contribution is -2.45. The maximum atomic E-state index is 12.8. The molecule has 1 aromatic carbocycles. The summed E-state index contributed by atoms with van der Waals surface area (Å²) < 4.78 is 81.7. The van der Waals surface area contributed by atoms with Crippen molar-refractivity contribution >= 4 is 5.91 Å². The van der Waals surface area contributed by atoms with Gasteiger partial charge in [0.2, 0.25) is 0 Å². The Hall–Kier alpha value is -1.97. The van der Waals surface area contributed by atoms with E-state index in [1.807, 2.05) is 6.92 Å². The minimum absolute atomic E-state index is 0.00837. The van der Waals surface area contributed by atoms with Crippen LogP contribution in [0.4, 0.5) is 26.3 Å². The molecule has 0 atom stereocenters. The van der Waals surface area contributed by atoms with Gasteiger partial charge in [-0.2, -0.15) is 26.3 Å². The fourth-order valence-corrected chi connectivity index (χ4v) is 2.82. The van der Waals surface area contributed by atoms with E-state index in [-0.39, 0.29) is 12.1 Å². The van der Waals surface area contributed by atoms with Crippen molar-refractivity contribution in [2.24, 2.45) is 0 Å². The van der Waals surface area contributed by atoms with Crippen LogP contribution in [0.2, 0.25) is 0 Å². The van der Waals surface area contributed by atoms with Crippen LogP contribution in [0, 0.1) is 0 Å². The molecule has 1 aliphatic rings. The smallest absolute Gasteiger partial charge is 0.416 e. The Balaban J connectivity index is 1.99. The molecule has 0 spiro atoms. The summed E-state index contributed by atoms with van der Waals surface area (Å²) in [6.45, 7) is 3.89. The highest BCUT2D eigenvalue weighted by molar-refractivity contribution is 5.77. The summed E-state index contributed by atoms with van der Waals surface area (Å²) in [6, 6.07) is 0.815. The SMILES string of the molecule is CCN1CCC(NC(=O)COc2cc(C(F)(F)F)cc(C(F)(F)F)c2)CC1. The average Bonchev–Trinajstić information content (AvgIpc) is 2.59. The van der Waals surface area contributed by atoms with Gasteiger partial charge in [0.15, 0.2) is 6.61 Å². The monoisotopic (exact) mass is 398 g/mol.